The molecule has 0 aliphatic carbocycles. The van der Waals surface area contributed by atoms with Crippen LogP contribution in [0, 0.1) is 0 Å². The Kier molecular flexibility index (Phi) is 3.87. The van der Waals surface area contributed by atoms with Crippen molar-refractivity contribution in [1.82, 2.24) is 5.32 Å². The molecular formula is C5H9F2NO2. The molecule has 0 bridgehead atoms. The maximum Gasteiger partial charge on any atom is 0.322 e. The van der Waals surface area contributed by atoms with E-state index in [-0.39, 0.29) is 0 Å². The fraction of sp³-hybridized carbons (Fsp3) is 0.800. The molecule has 0 aromatic rings. The van der Waals surface area contributed by atoms with Gasteiger partial charge in [0.1, 0.15) is 6.04 Å². The predicted octanol–water partition coefficient (Wildman–Crippen LogP) is 0.360. The Morgan fingerprint density at radius 1 is 1.60 bits per heavy atom. The summed E-state index contributed by atoms with van der Waals surface area (Å²) in [7, 11) is 1.14. The second-order valence-corrected chi connectivity index (χ2v) is 1.71. The molecule has 0 amide bonds. The van der Waals surface area contributed by atoms with E-state index >= 15 is 0 Å². The molecule has 0 heterocycles. The minimum absolute atomic E-state index is 0.694. The van der Waals surface area contributed by atoms with Gasteiger partial charge in [-0.3, -0.25) is 4.79 Å². The van der Waals surface area contributed by atoms with Gasteiger partial charge in [-0.05, 0) is 6.92 Å². The van der Waals surface area contributed by atoms with Crippen LogP contribution in [0.5, 0.6) is 0 Å². The lowest BCUT2D eigenvalue weighted by Crippen LogP contribution is -2.37. The third kappa shape index (κ3) is 3.34. The van der Waals surface area contributed by atoms with Crippen LogP contribution < -0.4 is 5.32 Å². The third-order valence-electron chi connectivity index (χ3n) is 0.931. The molecule has 60 valence electrons. The van der Waals surface area contributed by atoms with Gasteiger partial charge in [-0.15, -0.1) is 0 Å². The molecule has 0 aliphatic heterocycles. The molecule has 3 nitrogen and oxygen atoms in total. The van der Waals surface area contributed by atoms with Gasteiger partial charge in [0.2, 0.25) is 0 Å². The van der Waals surface area contributed by atoms with E-state index in [4.69, 9.17) is 0 Å². The largest absolute Gasteiger partial charge is 0.468 e. The van der Waals surface area contributed by atoms with Gasteiger partial charge in [-0.2, -0.15) is 8.78 Å². The molecule has 0 saturated carbocycles. The number of hydrogen-bond donors (Lipinski definition) is 1. The van der Waals surface area contributed by atoms with E-state index in [2.05, 4.69) is 4.74 Å². The molecule has 0 aromatic carbocycles. The van der Waals surface area contributed by atoms with Crippen LogP contribution in [0.2, 0.25) is 0 Å². The molecule has 0 aromatic heterocycles. The molecular weight excluding hydrogens is 144 g/mol. The average molecular weight is 153 g/mol. The summed E-state index contributed by atoms with van der Waals surface area (Å²) in [5.74, 6) is -0.694. The van der Waals surface area contributed by atoms with Gasteiger partial charge in [0.25, 0.3) is 6.55 Å². The van der Waals surface area contributed by atoms with Crippen molar-refractivity contribution in [3.63, 3.8) is 0 Å². The lowest BCUT2D eigenvalue weighted by atomic mass is 10.3. The summed E-state index contributed by atoms with van der Waals surface area (Å²) in [4.78, 5) is 10.4. The first-order valence-electron chi connectivity index (χ1n) is 2.70. The lowest BCUT2D eigenvalue weighted by Gasteiger charge is -2.09. The van der Waals surface area contributed by atoms with Crippen molar-refractivity contribution in [1.29, 1.82) is 0 Å². The molecule has 0 spiro atoms. The molecule has 5 heteroatoms. The van der Waals surface area contributed by atoms with Crippen LogP contribution >= 0.6 is 0 Å². The summed E-state index contributed by atoms with van der Waals surface area (Å²) < 4.78 is 27.1. The third-order valence-corrected chi connectivity index (χ3v) is 0.931. The average Bonchev–Trinajstić information content (AvgIpc) is 1.85. The van der Waals surface area contributed by atoms with Crippen molar-refractivity contribution in [2.75, 3.05) is 7.11 Å². The van der Waals surface area contributed by atoms with E-state index in [9.17, 15) is 13.6 Å². The number of carbonyl (C=O) groups is 1. The summed E-state index contributed by atoms with van der Waals surface area (Å²) in [6.45, 7) is -1.38. The smallest absolute Gasteiger partial charge is 0.322 e. The number of rotatable bonds is 3. The van der Waals surface area contributed by atoms with Crippen LogP contribution in [-0.2, 0) is 9.53 Å². The van der Waals surface area contributed by atoms with Gasteiger partial charge in [-0.25, -0.2) is 5.32 Å². The Morgan fingerprint density at radius 2 is 2.10 bits per heavy atom. The van der Waals surface area contributed by atoms with E-state index < -0.39 is 18.6 Å². The van der Waals surface area contributed by atoms with E-state index in [0.717, 1.165) is 7.11 Å². The van der Waals surface area contributed by atoms with E-state index in [1.165, 1.54) is 6.92 Å². The maximum absolute atomic E-state index is 11.5. The number of methoxy groups -OCH3 is 1. The summed E-state index contributed by atoms with van der Waals surface area (Å²) in [5.41, 5.74) is 0. The van der Waals surface area contributed by atoms with Crippen molar-refractivity contribution < 1.29 is 18.3 Å². The Bertz CT molecular complexity index is 118. The van der Waals surface area contributed by atoms with Crippen LogP contribution in [0.25, 0.3) is 0 Å². The second-order valence-electron chi connectivity index (χ2n) is 1.71. The van der Waals surface area contributed by atoms with Crippen LogP contribution in [0.3, 0.4) is 0 Å². The Balaban J connectivity index is 3.61. The van der Waals surface area contributed by atoms with E-state index in [1.54, 1.807) is 5.32 Å². The SMILES string of the molecule is COC(=O)[C@H](C)NC(F)F. The van der Waals surface area contributed by atoms with Crippen LogP contribution in [0.1, 0.15) is 6.92 Å². The van der Waals surface area contributed by atoms with Crippen molar-refractivity contribution >= 4 is 5.97 Å². The van der Waals surface area contributed by atoms with Crippen LogP contribution in [0.15, 0.2) is 0 Å². The highest BCUT2D eigenvalue weighted by atomic mass is 19.3. The van der Waals surface area contributed by atoms with Crippen LogP contribution in [0.4, 0.5) is 8.78 Å². The van der Waals surface area contributed by atoms with Crippen molar-refractivity contribution in [3.8, 4) is 0 Å². The summed E-state index contributed by atoms with van der Waals surface area (Å²) in [6.07, 6.45) is 0. The van der Waals surface area contributed by atoms with Crippen molar-refractivity contribution in [2.45, 2.75) is 19.5 Å². The minimum atomic E-state index is -2.69. The molecule has 0 saturated heterocycles. The number of ether oxygens (including phenoxy) is 1. The number of esters is 1. The fourth-order valence-electron chi connectivity index (χ4n) is 0.434. The molecule has 0 aliphatic rings. The maximum atomic E-state index is 11.5. The first-order valence-corrected chi connectivity index (χ1v) is 2.70. The monoisotopic (exact) mass is 153 g/mol. The van der Waals surface area contributed by atoms with Crippen molar-refractivity contribution in [3.05, 3.63) is 0 Å². The topological polar surface area (TPSA) is 38.3 Å². The first kappa shape index (κ1) is 9.29. The Morgan fingerprint density at radius 3 is 2.40 bits per heavy atom. The number of carbonyl (C=O) groups excluding carboxylic acids is 1. The zero-order chi connectivity index (χ0) is 8.15. The van der Waals surface area contributed by atoms with Gasteiger partial charge in [-0.1, -0.05) is 0 Å². The highest BCUT2D eigenvalue weighted by Gasteiger charge is 2.15. The number of alkyl halides is 2. The molecule has 1 N–H and O–H groups in total. The summed E-state index contributed by atoms with van der Waals surface area (Å²) in [6, 6.07) is -0.954. The quantitative estimate of drug-likeness (QED) is 0.470. The standard InChI is InChI=1S/C5H9F2NO2/c1-3(4(9)10-2)8-5(6)7/h3,5,8H,1-2H3/t3-/m0/s1. The highest BCUT2D eigenvalue weighted by Crippen LogP contribution is 1.91. The fourth-order valence-corrected chi connectivity index (χ4v) is 0.434. The van der Waals surface area contributed by atoms with Gasteiger partial charge in [0.15, 0.2) is 0 Å². The number of halogens is 2. The number of nitrogens with one attached hydrogen (secondary N) is 1. The Hall–Kier alpha value is -0.710. The van der Waals surface area contributed by atoms with Gasteiger partial charge in [0.05, 0.1) is 7.11 Å². The van der Waals surface area contributed by atoms with Crippen molar-refractivity contribution in [2.24, 2.45) is 0 Å². The van der Waals surface area contributed by atoms with E-state index in [0.29, 0.717) is 0 Å². The Labute approximate surface area is 57.4 Å². The minimum Gasteiger partial charge on any atom is -0.468 e. The lowest BCUT2D eigenvalue weighted by molar-refractivity contribution is -0.144. The highest BCUT2D eigenvalue weighted by molar-refractivity contribution is 5.75. The first-order chi connectivity index (χ1) is 4.57. The molecule has 0 fully saturated rings. The zero-order valence-corrected chi connectivity index (χ0v) is 5.73. The molecule has 0 rings (SSSR count). The molecule has 10 heavy (non-hydrogen) atoms. The van der Waals surface area contributed by atoms with Gasteiger partial charge in [0, 0.05) is 0 Å². The predicted molar refractivity (Wildman–Crippen MR) is 30.6 cm³/mol. The van der Waals surface area contributed by atoms with Gasteiger partial charge < -0.3 is 4.74 Å². The molecule has 0 unspecified atom stereocenters. The van der Waals surface area contributed by atoms with Crippen LogP contribution in [-0.4, -0.2) is 25.7 Å². The van der Waals surface area contributed by atoms with Gasteiger partial charge >= 0.3 is 5.97 Å². The second kappa shape index (κ2) is 4.16. The molecule has 0 radical (unpaired) electrons. The summed E-state index contributed by atoms with van der Waals surface area (Å²) in [5, 5.41) is 1.69. The molecule has 1 atom stereocenters. The number of hydrogen-bond acceptors (Lipinski definition) is 3. The normalized spacial score (nSPS) is 13.3. The zero-order valence-electron chi connectivity index (χ0n) is 5.73. The van der Waals surface area contributed by atoms with E-state index in [1.807, 2.05) is 0 Å². The summed E-state index contributed by atoms with van der Waals surface area (Å²) >= 11 is 0.